The number of benzene rings is 1. The molecule has 2 aliphatic heterocycles. The molecule has 6 heteroatoms. The van der Waals surface area contributed by atoms with E-state index in [2.05, 4.69) is 34.3 Å². The van der Waals surface area contributed by atoms with Gasteiger partial charge in [-0.3, -0.25) is 4.98 Å². The van der Waals surface area contributed by atoms with E-state index in [9.17, 15) is 0 Å². The quantitative estimate of drug-likeness (QED) is 0.626. The van der Waals surface area contributed by atoms with E-state index in [4.69, 9.17) is 14.5 Å². The van der Waals surface area contributed by atoms with Crippen LogP contribution >= 0.6 is 0 Å². The van der Waals surface area contributed by atoms with Gasteiger partial charge in [-0.25, -0.2) is 0 Å². The van der Waals surface area contributed by atoms with Gasteiger partial charge in [-0.2, -0.15) is 0 Å². The molecule has 5 rings (SSSR count). The van der Waals surface area contributed by atoms with Crippen LogP contribution in [0.4, 0.5) is 5.69 Å². The molecule has 2 aromatic rings. The number of pyridine rings is 1. The van der Waals surface area contributed by atoms with Gasteiger partial charge in [0, 0.05) is 35.4 Å². The number of ether oxygens (including phenoxy) is 2. The monoisotopic (exact) mass is 438 g/mol. The molecule has 3 aliphatic rings. The van der Waals surface area contributed by atoms with Crippen molar-refractivity contribution in [1.82, 2.24) is 14.8 Å². The molecule has 0 radical (unpaired) electrons. The van der Waals surface area contributed by atoms with Crippen LogP contribution in [0.5, 0.6) is 11.5 Å². The minimum Gasteiger partial charge on any atom is -0.493 e. The Kier molecular flexibility index (Phi) is 6.69. The molecule has 174 valence electrons. The van der Waals surface area contributed by atoms with Gasteiger partial charge < -0.3 is 24.6 Å². The molecule has 0 saturated carbocycles. The lowest BCUT2D eigenvalue weighted by molar-refractivity contribution is 0.254. The molecule has 1 aromatic carbocycles. The van der Waals surface area contributed by atoms with E-state index in [0.717, 1.165) is 55.9 Å². The first-order valence-corrected chi connectivity index (χ1v) is 12.5. The molecule has 6 nitrogen and oxygen atoms in total. The maximum Gasteiger partial charge on any atom is 0.163 e. The van der Waals surface area contributed by atoms with Crippen LogP contribution in [0.2, 0.25) is 0 Å². The van der Waals surface area contributed by atoms with E-state index in [1.165, 1.54) is 67.5 Å². The maximum atomic E-state index is 6.20. The lowest BCUT2D eigenvalue weighted by atomic mass is 10.0. The molecule has 2 fully saturated rings. The van der Waals surface area contributed by atoms with Crippen molar-refractivity contribution in [2.24, 2.45) is 0 Å². The van der Waals surface area contributed by atoms with Crippen LogP contribution in [0.1, 0.15) is 49.8 Å². The average molecular weight is 439 g/mol. The van der Waals surface area contributed by atoms with E-state index in [0.29, 0.717) is 12.6 Å². The second-order valence-corrected chi connectivity index (χ2v) is 9.76. The molecule has 0 unspecified atom stereocenters. The number of piperidine rings is 1. The molecule has 0 amide bonds. The normalized spacial score (nSPS) is 20.1. The van der Waals surface area contributed by atoms with Gasteiger partial charge in [0.15, 0.2) is 11.5 Å². The zero-order valence-electron chi connectivity index (χ0n) is 19.8. The minimum absolute atomic E-state index is 0.522. The van der Waals surface area contributed by atoms with Crippen molar-refractivity contribution in [2.75, 3.05) is 58.8 Å². The fourth-order valence-electron chi connectivity index (χ4n) is 5.54. The third-order valence-electron chi connectivity index (χ3n) is 7.44. The fraction of sp³-hybridized carbons (Fsp3) is 0.654. The molecule has 2 saturated heterocycles. The van der Waals surface area contributed by atoms with Crippen molar-refractivity contribution in [3.05, 3.63) is 23.4 Å². The number of hydrogen-bond donors (Lipinski definition) is 1. The second kappa shape index (κ2) is 9.84. The Morgan fingerprint density at radius 2 is 1.84 bits per heavy atom. The summed E-state index contributed by atoms with van der Waals surface area (Å²) in [6.45, 7) is 6.61. The lowest BCUT2D eigenvalue weighted by Crippen LogP contribution is -2.37. The molecule has 1 N–H and O–H groups in total. The van der Waals surface area contributed by atoms with E-state index >= 15 is 0 Å². The number of anilines is 1. The summed E-state index contributed by atoms with van der Waals surface area (Å²) in [5.41, 5.74) is 4.99. The SMILES string of the molecule is COc1cc2c(NC3CCN(C)CC3)c3c(nc2cc1OCCCN1CCCC1)CCC3. The summed E-state index contributed by atoms with van der Waals surface area (Å²) >= 11 is 0. The van der Waals surface area contributed by atoms with Crippen molar-refractivity contribution >= 4 is 16.6 Å². The van der Waals surface area contributed by atoms with E-state index in [-0.39, 0.29) is 0 Å². The number of nitrogens with one attached hydrogen (secondary N) is 1. The van der Waals surface area contributed by atoms with Crippen molar-refractivity contribution in [1.29, 1.82) is 0 Å². The van der Waals surface area contributed by atoms with Gasteiger partial charge in [0.2, 0.25) is 0 Å². The zero-order valence-corrected chi connectivity index (χ0v) is 19.8. The van der Waals surface area contributed by atoms with Gasteiger partial charge >= 0.3 is 0 Å². The Balaban J connectivity index is 1.38. The summed E-state index contributed by atoms with van der Waals surface area (Å²) in [6, 6.07) is 4.77. The van der Waals surface area contributed by atoms with Gasteiger partial charge in [-0.15, -0.1) is 0 Å². The topological polar surface area (TPSA) is 49.9 Å². The van der Waals surface area contributed by atoms with Gasteiger partial charge in [-0.05, 0) is 96.2 Å². The van der Waals surface area contributed by atoms with Crippen LogP contribution in [0, 0.1) is 0 Å². The molecule has 1 aliphatic carbocycles. The molecule has 3 heterocycles. The Hall–Kier alpha value is -2.05. The number of likely N-dealkylation sites (tertiary alicyclic amines) is 2. The largest absolute Gasteiger partial charge is 0.493 e. The molecular formula is C26H38N4O2. The minimum atomic E-state index is 0.522. The molecule has 32 heavy (non-hydrogen) atoms. The highest BCUT2D eigenvalue weighted by molar-refractivity contribution is 5.96. The van der Waals surface area contributed by atoms with Crippen molar-refractivity contribution in [2.45, 2.75) is 57.4 Å². The predicted molar refractivity (Wildman–Crippen MR) is 130 cm³/mol. The van der Waals surface area contributed by atoms with Gasteiger partial charge in [0.1, 0.15) is 0 Å². The summed E-state index contributed by atoms with van der Waals surface area (Å²) in [5.74, 6) is 1.63. The van der Waals surface area contributed by atoms with Crippen LogP contribution in [0.15, 0.2) is 12.1 Å². The Labute approximate surface area is 192 Å². The average Bonchev–Trinajstić information content (AvgIpc) is 3.49. The van der Waals surface area contributed by atoms with Gasteiger partial charge in [0.05, 0.1) is 19.2 Å². The zero-order chi connectivity index (χ0) is 21.9. The molecule has 0 atom stereocenters. The van der Waals surface area contributed by atoms with E-state index < -0.39 is 0 Å². The number of methoxy groups -OCH3 is 1. The third-order valence-corrected chi connectivity index (χ3v) is 7.44. The molecule has 1 aromatic heterocycles. The van der Waals surface area contributed by atoms with Crippen LogP contribution in [0.25, 0.3) is 10.9 Å². The molecule has 0 spiro atoms. The number of rotatable bonds is 8. The smallest absolute Gasteiger partial charge is 0.163 e. The molecular weight excluding hydrogens is 400 g/mol. The van der Waals surface area contributed by atoms with Gasteiger partial charge in [-0.1, -0.05) is 0 Å². The summed E-state index contributed by atoms with van der Waals surface area (Å²) in [4.78, 5) is 10.0. The predicted octanol–water partition coefficient (Wildman–Crippen LogP) is 4.10. The van der Waals surface area contributed by atoms with Crippen LogP contribution in [-0.2, 0) is 12.8 Å². The summed E-state index contributed by atoms with van der Waals surface area (Å²) < 4.78 is 12.0. The Morgan fingerprint density at radius 1 is 1.03 bits per heavy atom. The van der Waals surface area contributed by atoms with E-state index in [1.54, 1.807) is 7.11 Å². The summed E-state index contributed by atoms with van der Waals surface area (Å²) in [6.07, 6.45) is 9.47. The first-order valence-electron chi connectivity index (χ1n) is 12.5. The Morgan fingerprint density at radius 3 is 2.62 bits per heavy atom. The first-order chi connectivity index (χ1) is 15.7. The highest BCUT2D eigenvalue weighted by Crippen LogP contribution is 2.40. The van der Waals surface area contributed by atoms with Crippen LogP contribution in [-0.4, -0.2) is 74.3 Å². The molecule has 0 bridgehead atoms. The first kappa shape index (κ1) is 21.8. The van der Waals surface area contributed by atoms with Crippen molar-refractivity contribution in [3.63, 3.8) is 0 Å². The number of aryl methyl sites for hydroxylation is 1. The summed E-state index contributed by atoms with van der Waals surface area (Å²) in [7, 11) is 3.95. The third kappa shape index (κ3) is 4.67. The summed E-state index contributed by atoms with van der Waals surface area (Å²) in [5, 5.41) is 5.10. The van der Waals surface area contributed by atoms with E-state index in [1.807, 2.05) is 0 Å². The number of hydrogen-bond acceptors (Lipinski definition) is 6. The second-order valence-electron chi connectivity index (χ2n) is 9.76. The van der Waals surface area contributed by atoms with Crippen molar-refractivity contribution < 1.29 is 9.47 Å². The van der Waals surface area contributed by atoms with Crippen LogP contribution < -0.4 is 14.8 Å². The highest BCUT2D eigenvalue weighted by Gasteiger charge is 2.24. The number of fused-ring (bicyclic) bond motifs is 2. The number of aromatic nitrogens is 1. The standard InChI is InChI=1S/C26H38N4O2/c1-29-14-9-19(10-15-29)27-26-20-7-5-8-22(20)28-23-18-25(24(31-2)17-21(23)26)32-16-6-13-30-11-3-4-12-30/h17-19H,3-16H2,1-2H3,(H,27,28). The lowest BCUT2D eigenvalue weighted by Gasteiger charge is -2.31. The van der Waals surface area contributed by atoms with Crippen LogP contribution in [0.3, 0.4) is 0 Å². The highest BCUT2D eigenvalue weighted by atomic mass is 16.5. The van der Waals surface area contributed by atoms with Crippen molar-refractivity contribution in [3.8, 4) is 11.5 Å². The fourth-order valence-corrected chi connectivity index (χ4v) is 5.54. The Bertz CT molecular complexity index is 933. The maximum absolute atomic E-state index is 6.20. The number of nitrogens with zero attached hydrogens (tertiary/aromatic N) is 3. The van der Waals surface area contributed by atoms with Gasteiger partial charge in [0.25, 0.3) is 0 Å².